The summed E-state index contributed by atoms with van der Waals surface area (Å²) in [5.41, 5.74) is 1.67. The van der Waals surface area contributed by atoms with E-state index < -0.39 is 28.4 Å². The van der Waals surface area contributed by atoms with Crippen LogP contribution >= 0.6 is 0 Å². The molecule has 27 heavy (non-hydrogen) atoms. The van der Waals surface area contributed by atoms with Crippen molar-refractivity contribution in [3.05, 3.63) is 59.7 Å². The molecule has 0 saturated carbocycles. The van der Waals surface area contributed by atoms with E-state index in [-0.39, 0.29) is 10.5 Å². The lowest BCUT2D eigenvalue weighted by Gasteiger charge is -2.10. The third-order valence-electron chi connectivity index (χ3n) is 3.85. The van der Waals surface area contributed by atoms with Gasteiger partial charge in [0.2, 0.25) is 15.9 Å². The quantitative estimate of drug-likeness (QED) is 0.708. The highest BCUT2D eigenvalue weighted by Crippen LogP contribution is 2.17. The molecule has 0 unspecified atom stereocenters. The lowest BCUT2D eigenvalue weighted by molar-refractivity contribution is -0.115. The number of nitrogens with one attached hydrogen (secondary N) is 2. The minimum absolute atomic E-state index is 0.0902. The molecule has 0 heterocycles. The van der Waals surface area contributed by atoms with Gasteiger partial charge >= 0.3 is 5.97 Å². The van der Waals surface area contributed by atoms with Crippen LogP contribution in [0.15, 0.2) is 53.4 Å². The van der Waals surface area contributed by atoms with Crippen LogP contribution in [0.5, 0.6) is 0 Å². The van der Waals surface area contributed by atoms with Gasteiger partial charge in [-0.1, -0.05) is 32.0 Å². The number of carbonyl (C=O) groups is 2. The van der Waals surface area contributed by atoms with Gasteiger partial charge in [0.25, 0.3) is 0 Å². The topological polar surface area (TPSA) is 102 Å². The van der Waals surface area contributed by atoms with Gasteiger partial charge in [0.15, 0.2) is 0 Å². The van der Waals surface area contributed by atoms with Gasteiger partial charge in [-0.2, -0.15) is 0 Å². The van der Waals surface area contributed by atoms with Crippen LogP contribution in [0.25, 0.3) is 0 Å². The van der Waals surface area contributed by atoms with E-state index in [2.05, 4.69) is 14.8 Å². The Hall–Kier alpha value is -2.71. The number of rotatable bonds is 7. The molecule has 0 fully saturated rings. The first-order valence-corrected chi connectivity index (χ1v) is 9.79. The van der Waals surface area contributed by atoms with Gasteiger partial charge in [0, 0.05) is 5.69 Å². The van der Waals surface area contributed by atoms with E-state index in [1.165, 1.54) is 25.3 Å². The molecule has 144 valence electrons. The van der Waals surface area contributed by atoms with Crippen molar-refractivity contribution in [3.8, 4) is 0 Å². The molecular formula is C19H22N2O5S. The number of anilines is 1. The van der Waals surface area contributed by atoms with Crippen LogP contribution in [0.4, 0.5) is 5.69 Å². The summed E-state index contributed by atoms with van der Waals surface area (Å²) in [4.78, 5) is 23.6. The van der Waals surface area contributed by atoms with Crippen LogP contribution in [0.2, 0.25) is 0 Å². The summed E-state index contributed by atoms with van der Waals surface area (Å²) in [7, 11) is -2.54. The molecule has 0 aliphatic carbocycles. The summed E-state index contributed by atoms with van der Waals surface area (Å²) in [6.07, 6.45) is 0. The van der Waals surface area contributed by atoms with E-state index in [0.29, 0.717) is 11.6 Å². The number of amides is 1. The zero-order valence-corrected chi connectivity index (χ0v) is 16.2. The molecule has 8 heteroatoms. The number of esters is 1. The first-order valence-electron chi connectivity index (χ1n) is 8.31. The molecule has 2 aromatic carbocycles. The van der Waals surface area contributed by atoms with Crippen LogP contribution in [0.3, 0.4) is 0 Å². The average Bonchev–Trinajstić information content (AvgIpc) is 2.66. The summed E-state index contributed by atoms with van der Waals surface area (Å²) < 4.78 is 31.5. The van der Waals surface area contributed by atoms with Gasteiger partial charge in [-0.15, -0.1) is 0 Å². The Kier molecular flexibility index (Phi) is 6.70. The van der Waals surface area contributed by atoms with Crippen molar-refractivity contribution in [2.45, 2.75) is 24.7 Å². The Morgan fingerprint density at radius 2 is 1.74 bits per heavy atom. The van der Waals surface area contributed by atoms with Crippen LogP contribution < -0.4 is 10.0 Å². The molecule has 2 rings (SSSR count). The summed E-state index contributed by atoms with van der Waals surface area (Å²) in [5.74, 6) is -0.794. The van der Waals surface area contributed by atoms with Crippen molar-refractivity contribution < 1.29 is 22.7 Å². The average molecular weight is 390 g/mol. The van der Waals surface area contributed by atoms with Gasteiger partial charge in [-0.3, -0.25) is 4.79 Å². The third kappa shape index (κ3) is 5.63. The summed E-state index contributed by atoms with van der Waals surface area (Å²) in [6, 6.07) is 12.7. The van der Waals surface area contributed by atoms with Crippen LogP contribution in [-0.4, -0.2) is 33.9 Å². The van der Waals surface area contributed by atoms with Crippen LogP contribution in [0, 0.1) is 0 Å². The Morgan fingerprint density at radius 1 is 1.07 bits per heavy atom. The molecule has 0 radical (unpaired) electrons. The van der Waals surface area contributed by atoms with E-state index in [1.807, 2.05) is 13.8 Å². The van der Waals surface area contributed by atoms with Gasteiger partial charge in [-0.05, 0) is 41.8 Å². The zero-order chi connectivity index (χ0) is 20.0. The van der Waals surface area contributed by atoms with Crippen molar-refractivity contribution in [2.75, 3.05) is 19.0 Å². The number of ether oxygens (including phenoxy) is 1. The number of benzene rings is 2. The smallest absolute Gasteiger partial charge is 0.337 e. The predicted molar refractivity (Wildman–Crippen MR) is 102 cm³/mol. The van der Waals surface area contributed by atoms with Gasteiger partial charge in [0.05, 0.1) is 24.1 Å². The molecule has 0 aliphatic rings. The lowest BCUT2D eigenvalue weighted by atomic mass is 10.0. The van der Waals surface area contributed by atoms with Crippen molar-refractivity contribution in [1.82, 2.24) is 4.72 Å². The molecule has 0 spiro atoms. The Morgan fingerprint density at radius 3 is 2.33 bits per heavy atom. The van der Waals surface area contributed by atoms with Crippen molar-refractivity contribution in [2.24, 2.45) is 0 Å². The Labute approximate surface area is 158 Å². The number of hydrogen-bond acceptors (Lipinski definition) is 5. The van der Waals surface area contributed by atoms with Crippen molar-refractivity contribution >= 4 is 27.6 Å². The van der Waals surface area contributed by atoms with E-state index >= 15 is 0 Å². The first-order chi connectivity index (χ1) is 12.7. The van der Waals surface area contributed by atoms with Gasteiger partial charge in [0.1, 0.15) is 0 Å². The second-order valence-corrected chi connectivity index (χ2v) is 7.94. The molecule has 2 N–H and O–H groups in total. The number of carbonyl (C=O) groups excluding carboxylic acids is 2. The van der Waals surface area contributed by atoms with Crippen LogP contribution in [0.1, 0.15) is 35.7 Å². The molecule has 2 aromatic rings. The van der Waals surface area contributed by atoms with E-state index in [4.69, 9.17) is 0 Å². The second-order valence-electron chi connectivity index (χ2n) is 6.17. The summed E-state index contributed by atoms with van der Waals surface area (Å²) >= 11 is 0. The number of hydrogen-bond donors (Lipinski definition) is 2. The highest BCUT2D eigenvalue weighted by molar-refractivity contribution is 7.89. The molecule has 0 saturated heterocycles. The molecule has 0 atom stereocenters. The minimum Gasteiger partial charge on any atom is -0.465 e. The maximum absolute atomic E-state index is 12.3. The standard InChI is InChI=1S/C19H22N2O5S/c1-13(2)14-7-9-17(10-8-14)27(24,25)20-12-18(22)21-16-6-4-5-15(11-16)19(23)26-3/h4-11,13,20H,12H2,1-3H3,(H,21,22). The normalized spacial score (nSPS) is 11.3. The number of sulfonamides is 1. The molecule has 0 bridgehead atoms. The Bertz CT molecular complexity index is 921. The number of methoxy groups -OCH3 is 1. The van der Waals surface area contributed by atoms with E-state index in [9.17, 15) is 18.0 Å². The fourth-order valence-corrected chi connectivity index (χ4v) is 3.30. The molecular weight excluding hydrogens is 368 g/mol. The first kappa shape index (κ1) is 20.6. The molecule has 7 nitrogen and oxygen atoms in total. The summed E-state index contributed by atoms with van der Waals surface area (Å²) in [6.45, 7) is 3.60. The lowest BCUT2D eigenvalue weighted by Crippen LogP contribution is -2.32. The second kappa shape index (κ2) is 8.79. The zero-order valence-electron chi connectivity index (χ0n) is 15.4. The molecule has 0 aromatic heterocycles. The maximum Gasteiger partial charge on any atom is 0.337 e. The highest BCUT2D eigenvalue weighted by atomic mass is 32.2. The fourth-order valence-electron chi connectivity index (χ4n) is 2.32. The fraction of sp³-hybridized carbons (Fsp3) is 0.263. The van der Waals surface area contributed by atoms with Crippen molar-refractivity contribution in [3.63, 3.8) is 0 Å². The Balaban J connectivity index is 1.99. The third-order valence-corrected chi connectivity index (χ3v) is 5.26. The minimum atomic E-state index is -3.80. The monoisotopic (exact) mass is 390 g/mol. The molecule has 0 aliphatic heterocycles. The summed E-state index contributed by atoms with van der Waals surface area (Å²) in [5, 5.41) is 2.54. The van der Waals surface area contributed by atoms with E-state index in [1.54, 1.807) is 30.3 Å². The predicted octanol–water partition coefficient (Wildman–Crippen LogP) is 2.51. The van der Waals surface area contributed by atoms with E-state index in [0.717, 1.165) is 5.56 Å². The molecule has 1 amide bonds. The largest absolute Gasteiger partial charge is 0.465 e. The highest BCUT2D eigenvalue weighted by Gasteiger charge is 2.16. The van der Waals surface area contributed by atoms with Crippen LogP contribution in [-0.2, 0) is 19.6 Å². The van der Waals surface area contributed by atoms with Gasteiger partial charge in [-0.25, -0.2) is 17.9 Å². The SMILES string of the molecule is COC(=O)c1cccc(NC(=O)CNS(=O)(=O)c2ccc(C(C)C)cc2)c1. The maximum atomic E-state index is 12.3. The van der Waals surface area contributed by atoms with Gasteiger partial charge < -0.3 is 10.1 Å². The van der Waals surface area contributed by atoms with Crippen molar-refractivity contribution in [1.29, 1.82) is 0 Å².